The number of halogens is 1. The van der Waals surface area contributed by atoms with Crippen LogP contribution in [0.4, 0.5) is 4.79 Å². The number of amides is 3. The summed E-state index contributed by atoms with van der Waals surface area (Å²) in [6.45, 7) is 2.69. The van der Waals surface area contributed by atoms with Crippen LogP contribution in [0.1, 0.15) is 45.4 Å². The zero-order valence-electron chi connectivity index (χ0n) is 22.1. The molecule has 0 radical (unpaired) electrons. The Kier molecular flexibility index (Phi) is 9.48. The summed E-state index contributed by atoms with van der Waals surface area (Å²) in [4.78, 5) is 35.2. The summed E-state index contributed by atoms with van der Waals surface area (Å²) in [6.07, 6.45) is 8.26. The van der Waals surface area contributed by atoms with Crippen molar-refractivity contribution in [2.45, 2.75) is 58.0 Å². The first-order valence-electron chi connectivity index (χ1n) is 12.9. The van der Waals surface area contributed by atoms with Crippen LogP contribution in [0.5, 0.6) is 5.75 Å². The molecule has 1 fully saturated rings. The van der Waals surface area contributed by atoms with Gasteiger partial charge >= 0.3 is 6.03 Å². The predicted octanol–water partition coefficient (Wildman–Crippen LogP) is 4.26. The highest BCUT2D eigenvalue weighted by Crippen LogP contribution is 2.31. The second kappa shape index (κ2) is 13.2. The van der Waals surface area contributed by atoms with E-state index in [0.29, 0.717) is 47.6 Å². The van der Waals surface area contributed by atoms with Gasteiger partial charge in [0.25, 0.3) is 0 Å². The van der Waals surface area contributed by atoms with Gasteiger partial charge in [-0.15, -0.1) is 0 Å². The molecule has 2 heterocycles. The standard InChI is InChI=1S/C27H33ClN8O3/c1-18(32-33-27(29)38)7-10-24(37)35(21-5-3-4-6-21)15-16-36-26(20-8-9-23(39-2)22(28)17-20)31-25(34-36)19-11-13-30-14-12-19/h8-9,11-14,17,21H,3-7,10,15-16H2,1-2H3,(H3,29,33,38)/b32-18+. The Labute approximate surface area is 232 Å². The summed E-state index contributed by atoms with van der Waals surface area (Å²) in [7, 11) is 1.57. The Morgan fingerprint density at radius 3 is 2.59 bits per heavy atom. The fourth-order valence-electron chi connectivity index (χ4n) is 4.71. The lowest BCUT2D eigenvalue weighted by Gasteiger charge is -2.29. The number of carbonyl (C=O) groups excluding carboxylic acids is 2. The van der Waals surface area contributed by atoms with Crippen molar-refractivity contribution in [3.8, 4) is 28.5 Å². The van der Waals surface area contributed by atoms with Crippen LogP contribution >= 0.6 is 11.6 Å². The summed E-state index contributed by atoms with van der Waals surface area (Å²) in [5.74, 6) is 1.82. The number of hydrazone groups is 1. The molecule has 4 rings (SSSR count). The number of primary amides is 1. The molecule has 0 aliphatic heterocycles. The van der Waals surface area contributed by atoms with Gasteiger partial charge in [0, 0.05) is 48.2 Å². The topological polar surface area (TPSA) is 141 Å². The monoisotopic (exact) mass is 552 g/mol. The highest BCUT2D eigenvalue weighted by Gasteiger charge is 2.27. The summed E-state index contributed by atoms with van der Waals surface area (Å²) in [6, 6.07) is 8.66. The molecule has 1 saturated carbocycles. The average molecular weight is 553 g/mol. The van der Waals surface area contributed by atoms with E-state index in [1.54, 1.807) is 38.6 Å². The largest absolute Gasteiger partial charge is 0.495 e. The number of nitrogens with zero attached hydrogens (tertiary/aromatic N) is 6. The van der Waals surface area contributed by atoms with Gasteiger partial charge in [-0.25, -0.2) is 19.9 Å². The maximum Gasteiger partial charge on any atom is 0.332 e. The van der Waals surface area contributed by atoms with Crippen molar-refractivity contribution < 1.29 is 14.3 Å². The van der Waals surface area contributed by atoms with Crippen molar-refractivity contribution in [2.75, 3.05) is 13.7 Å². The highest BCUT2D eigenvalue weighted by molar-refractivity contribution is 6.32. The van der Waals surface area contributed by atoms with Crippen molar-refractivity contribution in [1.82, 2.24) is 30.1 Å². The van der Waals surface area contributed by atoms with E-state index >= 15 is 0 Å². The fraction of sp³-hybridized carbons (Fsp3) is 0.407. The van der Waals surface area contributed by atoms with Gasteiger partial charge in [-0.2, -0.15) is 10.2 Å². The predicted molar refractivity (Wildman–Crippen MR) is 149 cm³/mol. The Morgan fingerprint density at radius 2 is 1.92 bits per heavy atom. The van der Waals surface area contributed by atoms with E-state index in [1.165, 1.54) is 0 Å². The normalized spacial score (nSPS) is 13.9. The molecule has 12 heteroatoms. The molecule has 0 spiro atoms. The zero-order chi connectivity index (χ0) is 27.8. The third-order valence-corrected chi connectivity index (χ3v) is 7.01. The lowest BCUT2D eigenvalue weighted by atomic mass is 10.1. The van der Waals surface area contributed by atoms with Gasteiger partial charge in [0.15, 0.2) is 11.6 Å². The first-order valence-corrected chi connectivity index (χ1v) is 13.3. The summed E-state index contributed by atoms with van der Waals surface area (Å²) < 4.78 is 7.13. The minimum atomic E-state index is -0.735. The molecule has 0 atom stereocenters. The van der Waals surface area contributed by atoms with Crippen LogP contribution in [0.2, 0.25) is 5.02 Å². The maximum absolute atomic E-state index is 13.4. The van der Waals surface area contributed by atoms with Crippen LogP contribution in [0.25, 0.3) is 22.8 Å². The Balaban J connectivity index is 1.57. The first kappa shape index (κ1) is 28.0. The molecule has 39 heavy (non-hydrogen) atoms. The Bertz CT molecular complexity index is 1320. The molecular weight excluding hydrogens is 520 g/mol. The van der Waals surface area contributed by atoms with E-state index in [4.69, 9.17) is 32.2 Å². The third-order valence-electron chi connectivity index (χ3n) is 6.72. The van der Waals surface area contributed by atoms with E-state index in [9.17, 15) is 9.59 Å². The number of nitrogens with one attached hydrogen (secondary N) is 1. The van der Waals surface area contributed by atoms with Crippen LogP contribution in [0.15, 0.2) is 47.8 Å². The second-order valence-corrected chi connectivity index (χ2v) is 9.82. The highest BCUT2D eigenvalue weighted by atomic mass is 35.5. The molecular formula is C27H33ClN8O3. The average Bonchev–Trinajstić information content (AvgIpc) is 3.62. The molecule has 0 saturated heterocycles. The molecule has 0 bridgehead atoms. The summed E-state index contributed by atoms with van der Waals surface area (Å²) in [5, 5.41) is 9.19. The number of aromatic nitrogens is 4. The van der Waals surface area contributed by atoms with E-state index < -0.39 is 6.03 Å². The van der Waals surface area contributed by atoms with Crippen LogP contribution < -0.4 is 15.9 Å². The lowest BCUT2D eigenvalue weighted by Crippen LogP contribution is -2.41. The van der Waals surface area contributed by atoms with Crippen LogP contribution in [0.3, 0.4) is 0 Å². The number of methoxy groups -OCH3 is 1. The zero-order valence-corrected chi connectivity index (χ0v) is 22.9. The number of rotatable bonds is 11. The Hall–Kier alpha value is -3.99. The molecule has 11 nitrogen and oxygen atoms in total. The van der Waals surface area contributed by atoms with Gasteiger partial charge in [-0.05, 0) is 56.5 Å². The molecule has 2 aromatic heterocycles. The third kappa shape index (κ3) is 7.32. The molecule has 1 aliphatic rings. The number of hydrogen-bond donors (Lipinski definition) is 2. The quantitative estimate of drug-likeness (QED) is 0.269. The van der Waals surface area contributed by atoms with E-state index in [0.717, 1.165) is 36.8 Å². The SMILES string of the molecule is COc1ccc(-c2nc(-c3ccncc3)nn2CCN(C(=O)CC/C(C)=N/NC(N)=O)C2CCCC2)cc1Cl. The van der Waals surface area contributed by atoms with Crippen LogP contribution in [-0.2, 0) is 11.3 Å². The smallest absolute Gasteiger partial charge is 0.332 e. The minimum Gasteiger partial charge on any atom is -0.495 e. The number of carbonyl (C=O) groups is 2. The molecule has 0 unspecified atom stereocenters. The van der Waals surface area contributed by atoms with E-state index in [2.05, 4.69) is 15.5 Å². The van der Waals surface area contributed by atoms with Gasteiger partial charge in [0.1, 0.15) is 5.75 Å². The molecule has 3 amide bonds. The van der Waals surface area contributed by atoms with Crippen molar-refractivity contribution in [3.63, 3.8) is 0 Å². The molecule has 3 N–H and O–H groups in total. The molecule has 3 aromatic rings. The molecule has 206 valence electrons. The van der Waals surface area contributed by atoms with Crippen molar-refractivity contribution in [3.05, 3.63) is 47.7 Å². The van der Waals surface area contributed by atoms with Crippen LogP contribution in [-0.4, -0.2) is 62.0 Å². The second-order valence-electron chi connectivity index (χ2n) is 9.42. The van der Waals surface area contributed by atoms with Crippen molar-refractivity contribution >= 4 is 29.3 Å². The maximum atomic E-state index is 13.4. The molecule has 1 aliphatic carbocycles. The van der Waals surface area contributed by atoms with E-state index in [1.807, 2.05) is 27.8 Å². The van der Waals surface area contributed by atoms with Gasteiger partial charge in [0.05, 0.1) is 18.7 Å². The number of pyridine rings is 1. The number of ether oxygens (including phenoxy) is 1. The summed E-state index contributed by atoms with van der Waals surface area (Å²) >= 11 is 6.43. The summed E-state index contributed by atoms with van der Waals surface area (Å²) in [5.41, 5.74) is 9.55. The van der Waals surface area contributed by atoms with Gasteiger partial charge in [-0.3, -0.25) is 9.78 Å². The van der Waals surface area contributed by atoms with Gasteiger partial charge in [-0.1, -0.05) is 24.4 Å². The number of benzene rings is 1. The van der Waals surface area contributed by atoms with E-state index in [-0.39, 0.29) is 18.4 Å². The minimum absolute atomic E-state index is 0.0408. The number of hydrogen-bond acceptors (Lipinski definition) is 7. The Morgan fingerprint density at radius 1 is 1.18 bits per heavy atom. The fourth-order valence-corrected chi connectivity index (χ4v) is 4.97. The van der Waals surface area contributed by atoms with Crippen molar-refractivity contribution in [1.29, 1.82) is 0 Å². The van der Waals surface area contributed by atoms with Crippen molar-refractivity contribution in [2.24, 2.45) is 10.8 Å². The van der Waals surface area contributed by atoms with Crippen LogP contribution in [0, 0.1) is 0 Å². The lowest BCUT2D eigenvalue weighted by molar-refractivity contribution is -0.133. The van der Waals surface area contributed by atoms with Gasteiger partial charge in [0.2, 0.25) is 5.91 Å². The first-order chi connectivity index (χ1) is 18.9. The number of urea groups is 1. The number of nitrogens with two attached hydrogens (primary N) is 1. The molecule has 1 aromatic carbocycles. The van der Waals surface area contributed by atoms with Gasteiger partial charge < -0.3 is 15.4 Å².